The van der Waals surface area contributed by atoms with Crippen molar-refractivity contribution in [3.05, 3.63) is 53.5 Å². The number of imidazole rings is 1. The predicted molar refractivity (Wildman–Crippen MR) is 134 cm³/mol. The highest BCUT2D eigenvalue weighted by molar-refractivity contribution is 5.64. The van der Waals surface area contributed by atoms with E-state index < -0.39 is 17.6 Å². The van der Waals surface area contributed by atoms with Gasteiger partial charge in [0.15, 0.2) is 5.82 Å². The lowest BCUT2D eigenvalue weighted by atomic mass is 9.86. The van der Waals surface area contributed by atoms with Crippen LogP contribution in [0.2, 0.25) is 0 Å². The molecule has 0 unspecified atom stereocenters. The van der Waals surface area contributed by atoms with Crippen LogP contribution in [0, 0.1) is 23.1 Å². The summed E-state index contributed by atoms with van der Waals surface area (Å²) in [4.78, 5) is 17.3. The Hall–Kier alpha value is -3.72. The third-order valence-electron chi connectivity index (χ3n) is 7.49. The molecule has 12 heteroatoms. The lowest BCUT2D eigenvalue weighted by molar-refractivity contribution is -0.139. The van der Waals surface area contributed by atoms with Gasteiger partial charge >= 0.3 is 6.18 Å². The number of anilines is 2. The Labute approximate surface area is 217 Å². The molecular weight excluding hydrogens is 500 g/mol. The van der Waals surface area contributed by atoms with Gasteiger partial charge < -0.3 is 20.1 Å². The number of alkyl halides is 3. The fourth-order valence-corrected chi connectivity index (χ4v) is 5.26. The maximum atomic E-state index is 13.9. The van der Waals surface area contributed by atoms with Crippen LogP contribution in [0.1, 0.15) is 42.6 Å². The molecule has 2 atom stereocenters. The molecule has 200 valence electrons. The monoisotopic (exact) mass is 528 g/mol. The van der Waals surface area contributed by atoms with Gasteiger partial charge in [-0.2, -0.15) is 18.4 Å². The zero-order valence-electron chi connectivity index (χ0n) is 20.9. The van der Waals surface area contributed by atoms with Gasteiger partial charge in [-0.1, -0.05) is 6.92 Å². The number of likely N-dealkylation sites (tertiary alicyclic amines) is 1. The first-order chi connectivity index (χ1) is 18.2. The van der Waals surface area contributed by atoms with Crippen molar-refractivity contribution in [2.24, 2.45) is 5.92 Å². The SMILES string of the molecule is C[C@H]1CN(c2ncnc(N)c2C#N)CC[C@@H]1c1nc(-c2ccc(F)c(C(F)(F)F)c2)cn1CCN1CCC1. The van der Waals surface area contributed by atoms with Crippen molar-refractivity contribution in [2.75, 3.05) is 43.4 Å². The topological polar surface area (TPSA) is 99.9 Å². The number of nitrogens with two attached hydrogens (primary N) is 1. The third-order valence-corrected chi connectivity index (χ3v) is 7.49. The number of hydrogen-bond acceptors (Lipinski definition) is 7. The van der Waals surface area contributed by atoms with Crippen LogP contribution in [0.15, 0.2) is 30.7 Å². The van der Waals surface area contributed by atoms with Crippen molar-refractivity contribution in [2.45, 2.75) is 38.4 Å². The zero-order valence-corrected chi connectivity index (χ0v) is 20.9. The minimum atomic E-state index is -4.79. The Morgan fingerprint density at radius 3 is 2.61 bits per heavy atom. The van der Waals surface area contributed by atoms with E-state index in [2.05, 4.69) is 27.9 Å². The van der Waals surface area contributed by atoms with Crippen molar-refractivity contribution < 1.29 is 17.6 Å². The molecule has 2 fully saturated rings. The molecule has 0 saturated carbocycles. The molecule has 5 rings (SSSR count). The summed E-state index contributed by atoms with van der Waals surface area (Å²) in [6.07, 6.45) is 0.186. The molecule has 0 radical (unpaired) electrons. The molecule has 2 N–H and O–H groups in total. The molecule has 2 aliphatic heterocycles. The fourth-order valence-electron chi connectivity index (χ4n) is 5.26. The van der Waals surface area contributed by atoms with Crippen molar-refractivity contribution in [1.29, 1.82) is 5.26 Å². The first kappa shape index (κ1) is 25.9. The van der Waals surface area contributed by atoms with Crippen LogP contribution in [0.5, 0.6) is 0 Å². The molecule has 8 nitrogen and oxygen atoms in total. The van der Waals surface area contributed by atoms with Gasteiger partial charge in [0.1, 0.15) is 35.4 Å². The van der Waals surface area contributed by atoms with Crippen molar-refractivity contribution in [3.8, 4) is 17.3 Å². The Morgan fingerprint density at radius 2 is 1.95 bits per heavy atom. The number of hydrogen-bond donors (Lipinski definition) is 1. The van der Waals surface area contributed by atoms with Gasteiger partial charge in [-0.25, -0.2) is 19.3 Å². The van der Waals surface area contributed by atoms with Crippen LogP contribution < -0.4 is 10.6 Å². The second-order valence-corrected chi connectivity index (χ2v) is 9.95. The van der Waals surface area contributed by atoms with Crippen molar-refractivity contribution >= 4 is 11.6 Å². The predicted octanol–water partition coefficient (Wildman–Crippen LogP) is 4.29. The minimum Gasteiger partial charge on any atom is -0.382 e. The maximum absolute atomic E-state index is 13.9. The van der Waals surface area contributed by atoms with Gasteiger partial charge in [-0.05, 0) is 50.0 Å². The van der Waals surface area contributed by atoms with Crippen LogP contribution in [0.25, 0.3) is 11.3 Å². The Balaban J connectivity index is 1.44. The number of aromatic nitrogens is 4. The van der Waals surface area contributed by atoms with Crippen LogP contribution in [0.3, 0.4) is 0 Å². The standard InChI is InChI=1S/C26H28F4N8/c1-16-13-37(24-19(12-31)23(32)33-15-34-24)8-5-18(16)25-35-22(14-38(25)10-9-36-6-2-7-36)17-3-4-21(27)20(11-17)26(28,29)30/h3-4,11,14-16,18H,2,5-10,13H2,1H3,(H2,32,33,34)/t16-,18-/m0/s1. The van der Waals surface area contributed by atoms with E-state index in [1.54, 1.807) is 6.20 Å². The number of rotatable bonds is 6. The van der Waals surface area contributed by atoms with E-state index in [0.717, 1.165) is 44.0 Å². The molecule has 2 aromatic heterocycles. The van der Waals surface area contributed by atoms with Gasteiger partial charge in [0.2, 0.25) is 0 Å². The minimum absolute atomic E-state index is 0.0312. The van der Waals surface area contributed by atoms with E-state index >= 15 is 0 Å². The van der Waals surface area contributed by atoms with E-state index in [0.29, 0.717) is 37.6 Å². The number of nitrogens with zero attached hydrogens (tertiary/aromatic N) is 7. The van der Waals surface area contributed by atoms with E-state index in [4.69, 9.17) is 10.7 Å². The van der Waals surface area contributed by atoms with Crippen LogP contribution in [0.4, 0.5) is 29.2 Å². The largest absolute Gasteiger partial charge is 0.419 e. The number of piperidine rings is 1. The molecule has 2 saturated heterocycles. The van der Waals surface area contributed by atoms with E-state index in [-0.39, 0.29) is 28.8 Å². The van der Waals surface area contributed by atoms with Crippen molar-refractivity contribution in [3.63, 3.8) is 0 Å². The van der Waals surface area contributed by atoms with E-state index in [9.17, 15) is 22.8 Å². The van der Waals surface area contributed by atoms with Gasteiger partial charge in [-0.3, -0.25) is 0 Å². The molecule has 2 aliphatic rings. The average molecular weight is 529 g/mol. The van der Waals surface area contributed by atoms with Gasteiger partial charge in [-0.15, -0.1) is 0 Å². The van der Waals surface area contributed by atoms with E-state index in [1.165, 1.54) is 12.4 Å². The summed E-state index contributed by atoms with van der Waals surface area (Å²) >= 11 is 0. The second-order valence-electron chi connectivity index (χ2n) is 9.95. The average Bonchev–Trinajstić information content (AvgIpc) is 3.26. The third kappa shape index (κ3) is 5.03. The number of benzene rings is 1. The molecule has 0 aliphatic carbocycles. The first-order valence-corrected chi connectivity index (χ1v) is 12.6. The Morgan fingerprint density at radius 1 is 1.16 bits per heavy atom. The molecule has 0 amide bonds. The summed E-state index contributed by atoms with van der Waals surface area (Å²) in [5.41, 5.74) is 5.44. The summed E-state index contributed by atoms with van der Waals surface area (Å²) in [5, 5.41) is 9.54. The fraction of sp³-hybridized carbons (Fsp3) is 0.462. The molecule has 3 aromatic rings. The highest BCUT2D eigenvalue weighted by Crippen LogP contribution is 2.38. The Bertz CT molecular complexity index is 1360. The van der Waals surface area contributed by atoms with Crippen LogP contribution in [-0.4, -0.2) is 57.1 Å². The summed E-state index contributed by atoms with van der Waals surface area (Å²) in [7, 11) is 0. The second kappa shape index (κ2) is 10.2. The lowest BCUT2D eigenvalue weighted by Gasteiger charge is -2.38. The van der Waals surface area contributed by atoms with Gasteiger partial charge in [0.25, 0.3) is 0 Å². The Kier molecular flexibility index (Phi) is 6.96. The quantitative estimate of drug-likeness (QED) is 0.477. The lowest BCUT2D eigenvalue weighted by Crippen LogP contribution is -2.41. The number of nitrogen functional groups attached to an aromatic ring is 1. The van der Waals surface area contributed by atoms with Crippen molar-refractivity contribution in [1.82, 2.24) is 24.4 Å². The number of halogens is 4. The molecule has 0 spiro atoms. The van der Waals surface area contributed by atoms with Crippen LogP contribution in [-0.2, 0) is 12.7 Å². The summed E-state index contributed by atoms with van der Waals surface area (Å²) < 4.78 is 56.1. The van der Waals surface area contributed by atoms with Gasteiger partial charge in [0, 0.05) is 43.9 Å². The number of nitriles is 1. The molecule has 1 aromatic carbocycles. The first-order valence-electron chi connectivity index (χ1n) is 12.6. The summed E-state index contributed by atoms with van der Waals surface area (Å²) in [5.74, 6) is 0.260. The normalized spacial score (nSPS) is 20.3. The molecular formula is C26H28F4N8. The maximum Gasteiger partial charge on any atom is 0.419 e. The van der Waals surface area contributed by atoms with Gasteiger partial charge in [0.05, 0.1) is 11.3 Å². The summed E-state index contributed by atoms with van der Waals surface area (Å²) in [6.45, 7) is 6.82. The van der Waals surface area contributed by atoms with E-state index in [1.807, 2.05) is 9.47 Å². The molecule has 0 bridgehead atoms. The zero-order chi connectivity index (χ0) is 27.0. The molecule has 38 heavy (non-hydrogen) atoms. The van der Waals surface area contributed by atoms with Crippen LogP contribution >= 0.6 is 0 Å². The molecule has 4 heterocycles. The highest BCUT2D eigenvalue weighted by atomic mass is 19.4. The summed E-state index contributed by atoms with van der Waals surface area (Å²) in [6, 6.07) is 5.10. The highest BCUT2D eigenvalue weighted by Gasteiger charge is 2.35. The smallest absolute Gasteiger partial charge is 0.382 e.